The van der Waals surface area contributed by atoms with E-state index in [2.05, 4.69) is 9.97 Å². The number of hydrogen-bond acceptors (Lipinski definition) is 2. The highest BCUT2D eigenvalue weighted by molar-refractivity contribution is 5.03. The van der Waals surface area contributed by atoms with Crippen LogP contribution in [0.3, 0.4) is 0 Å². The van der Waals surface area contributed by atoms with Gasteiger partial charge in [-0.25, -0.2) is 4.98 Å². The molecule has 0 amide bonds. The molecular formula is C11H19N3. The molecule has 1 aliphatic carbocycles. The summed E-state index contributed by atoms with van der Waals surface area (Å²) in [4.78, 5) is 7.55. The van der Waals surface area contributed by atoms with E-state index < -0.39 is 0 Å². The maximum Gasteiger partial charge on any atom is 0.123 e. The minimum absolute atomic E-state index is 0.115. The van der Waals surface area contributed by atoms with Gasteiger partial charge in [-0.15, -0.1) is 0 Å². The second-order valence-corrected chi connectivity index (χ2v) is 4.38. The van der Waals surface area contributed by atoms with E-state index in [9.17, 15) is 0 Å². The quantitative estimate of drug-likeness (QED) is 0.757. The normalized spacial score (nSPS) is 21.0. The maximum atomic E-state index is 6.19. The summed E-state index contributed by atoms with van der Waals surface area (Å²) in [6.45, 7) is 2.02. The van der Waals surface area contributed by atoms with Gasteiger partial charge in [0.25, 0.3) is 0 Å². The molecule has 0 spiro atoms. The Hall–Kier alpha value is -0.830. The van der Waals surface area contributed by atoms with Gasteiger partial charge in [-0.2, -0.15) is 0 Å². The largest absolute Gasteiger partial charge is 0.345 e. The summed E-state index contributed by atoms with van der Waals surface area (Å²) in [5.41, 5.74) is 7.29. The van der Waals surface area contributed by atoms with Crippen LogP contribution in [-0.2, 0) is 0 Å². The average molecular weight is 193 g/mol. The minimum atomic E-state index is 0.115. The fourth-order valence-corrected chi connectivity index (χ4v) is 2.32. The third kappa shape index (κ3) is 1.98. The summed E-state index contributed by atoms with van der Waals surface area (Å²) in [5.74, 6) is 1.60. The van der Waals surface area contributed by atoms with Crippen molar-refractivity contribution in [2.75, 3.05) is 0 Å². The number of H-pyrrole nitrogens is 1. The zero-order valence-corrected chi connectivity index (χ0v) is 8.79. The molecule has 1 fully saturated rings. The highest BCUT2D eigenvalue weighted by Crippen LogP contribution is 2.31. The van der Waals surface area contributed by atoms with E-state index in [1.54, 1.807) is 0 Å². The molecule has 1 atom stereocenters. The van der Waals surface area contributed by atoms with Gasteiger partial charge < -0.3 is 10.7 Å². The van der Waals surface area contributed by atoms with Crippen LogP contribution in [0.25, 0.3) is 0 Å². The number of rotatable bonds is 2. The van der Waals surface area contributed by atoms with E-state index in [0.29, 0.717) is 5.92 Å². The van der Waals surface area contributed by atoms with Gasteiger partial charge >= 0.3 is 0 Å². The summed E-state index contributed by atoms with van der Waals surface area (Å²) < 4.78 is 0. The second kappa shape index (κ2) is 4.13. The Morgan fingerprint density at radius 2 is 2.14 bits per heavy atom. The molecule has 0 aromatic carbocycles. The summed E-state index contributed by atoms with van der Waals surface area (Å²) in [7, 11) is 0. The predicted octanol–water partition coefficient (Wildman–Crippen LogP) is 2.30. The van der Waals surface area contributed by atoms with Crippen LogP contribution in [0.5, 0.6) is 0 Å². The number of aromatic nitrogens is 2. The molecule has 1 aromatic heterocycles. The first-order valence-electron chi connectivity index (χ1n) is 5.54. The Morgan fingerprint density at radius 3 is 2.71 bits per heavy atom. The summed E-state index contributed by atoms with van der Waals surface area (Å²) in [6, 6.07) is 0.115. The molecule has 1 saturated carbocycles. The zero-order valence-electron chi connectivity index (χ0n) is 8.79. The molecule has 3 heteroatoms. The number of nitrogens with one attached hydrogen (secondary N) is 1. The molecule has 0 saturated heterocycles. The van der Waals surface area contributed by atoms with Crippen LogP contribution in [0.1, 0.15) is 49.7 Å². The zero-order chi connectivity index (χ0) is 9.97. The summed E-state index contributed by atoms with van der Waals surface area (Å²) in [5, 5.41) is 0. The maximum absolute atomic E-state index is 6.19. The molecular weight excluding hydrogens is 174 g/mol. The van der Waals surface area contributed by atoms with Gasteiger partial charge in [0.15, 0.2) is 0 Å². The number of aromatic amines is 1. The molecule has 3 nitrogen and oxygen atoms in total. The van der Waals surface area contributed by atoms with Crippen LogP contribution < -0.4 is 5.73 Å². The first kappa shape index (κ1) is 9.71. The molecule has 1 unspecified atom stereocenters. The molecule has 1 aliphatic rings. The van der Waals surface area contributed by atoms with Crippen molar-refractivity contribution in [3.8, 4) is 0 Å². The molecule has 3 N–H and O–H groups in total. The number of imidazole rings is 1. The molecule has 14 heavy (non-hydrogen) atoms. The highest BCUT2D eigenvalue weighted by atomic mass is 15.0. The number of hydrogen-bond donors (Lipinski definition) is 2. The molecule has 0 aliphatic heterocycles. The number of nitrogens with two attached hydrogens (primary N) is 1. The van der Waals surface area contributed by atoms with E-state index in [1.165, 1.54) is 32.1 Å². The van der Waals surface area contributed by atoms with Gasteiger partial charge in [-0.3, -0.25) is 0 Å². The van der Waals surface area contributed by atoms with E-state index in [0.717, 1.165) is 11.5 Å². The molecule has 78 valence electrons. The highest BCUT2D eigenvalue weighted by Gasteiger charge is 2.23. The minimum Gasteiger partial charge on any atom is -0.345 e. The fraction of sp³-hybridized carbons (Fsp3) is 0.727. The number of aryl methyl sites for hydroxylation is 1. The van der Waals surface area contributed by atoms with Gasteiger partial charge in [0, 0.05) is 11.9 Å². The third-order valence-electron chi connectivity index (χ3n) is 3.20. The smallest absolute Gasteiger partial charge is 0.123 e. The van der Waals surface area contributed by atoms with Crippen LogP contribution in [0.4, 0.5) is 0 Å². The van der Waals surface area contributed by atoms with Crippen LogP contribution in [-0.4, -0.2) is 9.97 Å². The summed E-state index contributed by atoms with van der Waals surface area (Å²) >= 11 is 0. The first-order valence-corrected chi connectivity index (χ1v) is 5.54. The lowest BCUT2D eigenvalue weighted by molar-refractivity contribution is 0.301. The van der Waals surface area contributed by atoms with Crippen LogP contribution in [0, 0.1) is 12.8 Å². The van der Waals surface area contributed by atoms with E-state index in [1.807, 2.05) is 13.1 Å². The monoisotopic (exact) mass is 193 g/mol. The van der Waals surface area contributed by atoms with E-state index >= 15 is 0 Å². The fourth-order valence-electron chi connectivity index (χ4n) is 2.32. The van der Waals surface area contributed by atoms with Crippen molar-refractivity contribution in [3.63, 3.8) is 0 Å². The van der Waals surface area contributed by atoms with Crippen molar-refractivity contribution in [1.29, 1.82) is 0 Å². The van der Waals surface area contributed by atoms with Gasteiger partial charge in [0.2, 0.25) is 0 Å². The van der Waals surface area contributed by atoms with Crippen LogP contribution in [0.2, 0.25) is 0 Å². The SMILES string of the molecule is Cc1cnc(C(N)C2CCCCC2)[nH]1. The third-order valence-corrected chi connectivity index (χ3v) is 3.20. The molecule has 0 bridgehead atoms. The Bertz CT molecular complexity index is 286. The average Bonchev–Trinajstić information content (AvgIpc) is 2.65. The van der Waals surface area contributed by atoms with Crippen molar-refractivity contribution >= 4 is 0 Å². The lowest BCUT2D eigenvalue weighted by Crippen LogP contribution is -2.24. The molecule has 0 radical (unpaired) electrons. The number of nitrogens with zero attached hydrogens (tertiary/aromatic N) is 1. The van der Waals surface area contributed by atoms with Crippen molar-refractivity contribution in [3.05, 3.63) is 17.7 Å². The predicted molar refractivity (Wildman–Crippen MR) is 56.8 cm³/mol. The van der Waals surface area contributed by atoms with Gasteiger partial charge in [0.1, 0.15) is 5.82 Å². The topological polar surface area (TPSA) is 54.7 Å². The van der Waals surface area contributed by atoms with Gasteiger partial charge in [-0.05, 0) is 25.7 Å². The Kier molecular flexibility index (Phi) is 2.87. The van der Waals surface area contributed by atoms with E-state index in [4.69, 9.17) is 5.73 Å². The van der Waals surface area contributed by atoms with Crippen molar-refractivity contribution in [2.24, 2.45) is 11.7 Å². The Balaban J connectivity index is 2.03. The van der Waals surface area contributed by atoms with Crippen molar-refractivity contribution in [2.45, 2.75) is 45.1 Å². The van der Waals surface area contributed by atoms with Crippen LogP contribution >= 0.6 is 0 Å². The first-order chi connectivity index (χ1) is 6.77. The van der Waals surface area contributed by atoms with Crippen molar-refractivity contribution < 1.29 is 0 Å². The van der Waals surface area contributed by atoms with Gasteiger partial charge in [0.05, 0.1) is 6.04 Å². The van der Waals surface area contributed by atoms with Crippen LogP contribution in [0.15, 0.2) is 6.20 Å². The van der Waals surface area contributed by atoms with E-state index in [-0.39, 0.29) is 6.04 Å². The molecule has 1 heterocycles. The van der Waals surface area contributed by atoms with Gasteiger partial charge in [-0.1, -0.05) is 19.3 Å². The molecule has 1 aromatic rings. The summed E-state index contributed by atoms with van der Waals surface area (Å²) in [6.07, 6.45) is 8.43. The molecule has 2 rings (SSSR count). The van der Waals surface area contributed by atoms with Crippen molar-refractivity contribution in [1.82, 2.24) is 9.97 Å². The Labute approximate surface area is 85.1 Å². The second-order valence-electron chi connectivity index (χ2n) is 4.38. The lowest BCUT2D eigenvalue weighted by Gasteiger charge is -2.26. The standard InChI is InChI=1S/C11H19N3/c1-8-7-13-11(14-8)10(12)9-5-3-2-4-6-9/h7,9-10H,2-6,12H2,1H3,(H,13,14). The lowest BCUT2D eigenvalue weighted by atomic mass is 9.84. The Morgan fingerprint density at radius 1 is 1.43 bits per heavy atom.